The number of aryl methyl sites for hydroxylation is 1. The highest BCUT2D eigenvalue weighted by molar-refractivity contribution is 5.80. The van der Waals surface area contributed by atoms with Crippen LogP contribution in [0.2, 0.25) is 0 Å². The van der Waals surface area contributed by atoms with Crippen molar-refractivity contribution in [3.05, 3.63) is 40.2 Å². The summed E-state index contributed by atoms with van der Waals surface area (Å²) in [5.41, 5.74) is 2.32. The Morgan fingerprint density at radius 1 is 1.17 bits per heavy atom. The second-order valence-electron chi connectivity index (χ2n) is 7.12. The average Bonchev–Trinajstić information content (AvgIpc) is 2.50. The predicted molar refractivity (Wildman–Crippen MR) is 98.4 cm³/mol. The number of anilines is 1. The summed E-state index contributed by atoms with van der Waals surface area (Å²) < 4.78 is 5.55. The first-order valence-electron chi connectivity index (χ1n) is 8.64. The van der Waals surface area contributed by atoms with E-state index in [9.17, 15) is 4.79 Å². The molecule has 3 nitrogen and oxygen atoms in total. The van der Waals surface area contributed by atoms with Gasteiger partial charge in [-0.15, -0.1) is 0 Å². The number of fused-ring (bicyclic) bond motifs is 1. The minimum absolute atomic E-state index is 0.187. The third kappa shape index (κ3) is 4.60. The highest BCUT2D eigenvalue weighted by atomic mass is 16.4. The third-order valence-electron chi connectivity index (χ3n) is 4.51. The Morgan fingerprint density at radius 3 is 2.52 bits per heavy atom. The minimum Gasteiger partial charge on any atom is -0.422 e. The van der Waals surface area contributed by atoms with Gasteiger partial charge in [-0.2, -0.15) is 0 Å². The maximum atomic E-state index is 12.3. The molecule has 3 heteroatoms. The summed E-state index contributed by atoms with van der Waals surface area (Å²) in [5, 5.41) is 1.00. The highest BCUT2D eigenvalue weighted by Gasteiger charge is 2.12. The lowest BCUT2D eigenvalue weighted by molar-refractivity contribution is 0.374. The van der Waals surface area contributed by atoms with Crippen LogP contribution in [0.1, 0.15) is 45.6 Å². The molecule has 1 aromatic heterocycles. The Balaban J connectivity index is 2.20. The van der Waals surface area contributed by atoms with Gasteiger partial charge in [0.05, 0.1) is 0 Å². The van der Waals surface area contributed by atoms with Gasteiger partial charge in [-0.05, 0) is 49.3 Å². The summed E-state index contributed by atoms with van der Waals surface area (Å²) in [6.07, 6.45) is 4.25. The highest BCUT2D eigenvalue weighted by Crippen LogP contribution is 2.23. The molecule has 0 aliphatic rings. The molecule has 0 saturated carbocycles. The van der Waals surface area contributed by atoms with Gasteiger partial charge in [0.1, 0.15) is 5.58 Å². The fourth-order valence-electron chi connectivity index (χ4n) is 3.11. The molecular formula is C20H29NO2. The fraction of sp³-hybridized carbons (Fsp3) is 0.550. The quantitative estimate of drug-likeness (QED) is 0.684. The Kier molecular flexibility index (Phi) is 5.86. The summed E-state index contributed by atoms with van der Waals surface area (Å²) in [4.78, 5) is 14.3. The largest absolute Gasteiger partial charge is 0.422 e. The first-order valence-corrected chi connectivity index (χ1v) is 8.64. The number of benzene rings is 1. The van der Waals surface area contributed by atoms with Gasteiger partial charge < -0.3 is 9.32 Å². The van der Waals surface area contributed by atoms with Crippen LogP contribution >= 0.6 is 0 Å². The summed E-state index contributed by atoms with van der Waals surface area (Å²) in [6.45, 7) is 6.75. The van der Waals surface area contributed by atoms with Crippen LogP contribution in [0.25, 0.3) is 11.0 Å². The zero-order valence-electron chi connectivity index (χ0n) is 15.1. The third-order valence-corrected chi connectivity index (χ3v) is 4.51. The van der Waals surface area contributed by atoms with Crippen LogP contribution in [0.5, 0.6) is 0 Å². The SMILES string of the molecule is CCC(CCc1cc2ccc(N(C)C)cc2oc1=O)CC(C)C. The van der Waals surface area contributed by atoms with Gasteiger partial charge >= 0.3 is 5.63 Å². The Morgan fingerprint density at radius 2 is 1.91 bits per heavy atom. The molecule has 0 fully saturated rings. The van der Waals surface area contributed by atoms with Gasteiger partial charge in [-0.25, -0.2) is 4.79 Å². The zero-order chi connectivity index (χ0) is 17.0. The van der Waals surface area contributed by atoms with E-state index >= 15 is 0 Å². The lowest BCUT2D eigenvalue weighted by Gasteiger charge is -2.17. The Bertz CT molecular complexity index is 700. The molecule has 0 N–H and O–H groups in total. The molecule has 23 heavy (non-hydrogen) atoms. The maximum Gasteiger partial charge on any atom is 0.339 e. The number of hydrogen-bond acceptors (Lipinski definition) is 3. The molecule has 0 radical (unpaired) electrons. The van der Waals surface area contributed by atoms with Crippen molar-refractivity contribution in [2.75, 3.05) is 19.0 Å². The van der Waals surface area contributed by atoms with Crippen molar-refractivity contribution in [1.82, 2.24) is 0 Å². The topological polar surface area (TPSA) is 33.5 Å². The molecule has 0 amide bonds. The molecule has 0 spiro atoms. The predicted octanol–water partition coefficient (Wildman–Crippen LogP) is 4.86. The molecular weight excluding hydrogens is 286 g/mol. The van der Waals surface area contributed by atoms with Crippen LogP contribution in [0.4, 0.5) is 5.69 Å². The molecule has 1 atom stereocenters. The van der Waals surface area contributed by atoms with Crippen LogP contribution in [0.15, 0.2) is 33.5 Å². The van der Waals surface area contributed by atoms with Crippen LogP contribution in [0.3, 0.4) is 0 Å². The van der Waals surface area contributed by atoms with Crippen molar-refractivity contribution >= 4 is 16.7 Å². The van der Waals surface area contributed by atoms with Crippen molar-refractivity contribution in [2.45, 2.75) is 46.5 Å². The molecule has 126 valence electrons. The maximum absolute atomic E-state index is 12.3. The van der Waals surface area contributed by atoms with Gasteiger partial charge in [-0.1, -0.05) is 27.2 Å². The molecule has 0 saturated heterocycles. The summed E-state index contributed by atoms with van der Waals surface area (Å²) in [5.74, 6) is 1.39. The van der Waals surface area contributed by atoms with Gasteiger partial charge in [0, 0.05) is 36.8 Å². The average molecular weight is 315 g/mol. The van der Waals surface area contributed by atoms with Gasteiger partial charge in [0.2, 0.25) is 0 Å². The molecule has 0 aliphatic heterocycles. The molecule has 0 aliphatic carbocycles. The van der Waals surface area contributed by atoms with E-state index in [1.165, 1.54) is 12.8 Å². The monoisotopic (exact) mass is 315 g/mol. The number of rotatable bonds is 7. The van der Waals surface area contributed by atoms with E-state index in [2.05, 4.69) is 26.8 Å². The normalized spacial score (nSPS) is 12.8. The van der Waals surface area contributed by atoms with E-state index in [0.29, 0.717) is 17.4 Å². The van der Waals surface area contributed by atoms with Crippen molar-refractivity contribution < 1.29 is 4.42 Å². The van der Waals surface area contributed by atoms with Crippen molar-refractivity contribution in [3.8, 4) is 0 Å². The van der Waals surface area contributed by atoms with Gasteiger partial charge in [-0.3, -0.25) is 0 Å². The summed E-state index contributed by atoms with van der Waals surface area (Å²) >= 11 is 0. The number of nitrogens with zero attached hydrogens (tertiary/aromatic N) is 1. The lowest BCUT2D eigenvalue weighted by Crippen LogP contribution is -2.12. The molecule has 1 aromatic carbocycles. The van der Waals surface area contributed by atoms with E-state index in [0.717, 1.165) is 29.5 Å². The first kappa shape index (κ1) is 17.6. The van der Waals surface area contributed by atoms with Gasteiger partial charge in [0.25, 0.3) is 0 Å². The van der Waals surface area contributed by atoms with Crippen molar-refractivity contribution in [3.63, 3.8) is 0 Å². The smallest absolute Gasteiger partial charge is 0.339 e. The Labute approximate surface area is 139 Å². The second kappa shape index (κ2) is 7.67. The fourth-order valence-corrected chi connectivity index (χ4v) is 3.11. The van der Waals surface area contributed by atoms with Crippen molar-refractivity contribution in [2.24, 2.45) is 11.8 Å². The zero-order valence-corrected chi connectivity index (χ0v) is 15.1. The molecule has 2 rings (SSSR count). The first-order chi connectivity index (χ1) is 10.9. The summed E-state index contributed by atoms with van der Waals surface area (Å²) in [6, 6.07) is 8.01. The number of hydrogen-bond donors (Lipinski definition) is 0. The Hall–Kier alpha value is -1.77. The molecule has 2 aromatic rings. The molecule has 0 bridgehead atoms. The van der Waals surface area contributed by atoms with Crippen LogP contribution < -0.4 is 10.5 Å². The minimum atomic E-state index is -0.187. The standard InChI is InChI=1S/C20H29NO2/c1-6-15(11-14(2)3)7-8-17-12-16-9-10-18(21(4)5)13-19(16)23-20(17)22/h9-10,12-15H,6-8,11H2,1-5H3. The van der Waals surface area contributed by atoms with E-state index in [1.807, 2.05) is 37.2 Å². The van der Waals surface area contributed by atoms with Crippen LogP contribution in [0, 0.1) is 11.8 Å². The lowest BCUT2D eigenvalue weighted by atomic mass is 9.89. The van der Waals surface area contributed by atoms with E-state index in [4.69, 9.17) is 4.42 Å². The van der Waals surface area contributed by atoms with E-state index in [1.54, 1.807) is 0 Å². The molecule has 1 heterocycles. The summed E-state index contributed by atoms with van der Waals surface area (Å²) in [7, 11) is 3.96. The van der Waals surface area contributed by atoms with Gasteiger partial charge in [0.15, 0.2) is 0 Å². The van der Waals surface area contributed by atoms with Crippen LogP contribution in [-0.4, -0.2) is 14.1 Å². The van der Waals surface area contributed by atoms with E-state index in [-0.39, 0.29) is 5.63 Å². The van der Waals surface area contributed by atoms with Crippen molar-refractivity contribution in [1.29, 1.82) is 0 Å². The molecule has 1 unspecified atom stereocenters. The van der Waals surface area contributed by atoms with E-state index < -0.39 is 0 Å². The second-order valence-corrected chi connectivity index (χ2v) is 7.12. The van der Waals surface area contributed by atoms with Crippen LogP contribution in [-0.2, 0) is 6.42 Å².